The molecule has 0 aromatic rings. The average molecular weight is 200 g/mol. The van der Waals surface area contributed by atoms with E-state index in [9.17, 15) is 4.79 Å². The summed E-state index contributed by atoms with van der Waals surface area (Å²) in [5.41, 5.74) is 3.33. The van der Waals surface area contributed by atoms with Crippen LogP contribution in [-0.4, -0.2) is 37.7 Å². The van der Waals surface area contributed by atoms with Gasteiger partial charge >= 0.3 is 5.97 Å². The molecule has 0 atom stereocenters. The lowest BCUT2D eigenvalue weighted by Crippen LogP contribution is -2.42. The summed E-state index contributed by atoms with van der Waals surface area (Å²) in [6.45, 7) is 3.14. The predicted octanol–water partition coefficient (Wildman–Crippen LogP) is 0.930. The van der Waals surface area contributed by atoms with Gasteiger partial charge in [0.2, 0.25) is 0 Å². The van der Waals surface area contributed by atoms with Crippen molar-refractivity contribution in [2.24, 2.45) is 0 Å². The standard InChI is InChI=1S/C10H20N2O2/c1-14-10(13)6-5-7-11-12-8-3-2-4-9-12/h11H,2-9H2,1H3. The van der Waals surface area contributed by atoms with Crippen LogP contribution in [0.1, 0.15) is 32.1 Å². The minimum atomic E-state index is -0.120. The summed E-state index contributed by atoms with van der Waals surface area (Å²) in [5.74, 6) is -0.120. The Balaban J connectivity index is 1.94. The van der Waals surface area contributed by atoms with Crippen LogP contribution in [0.2, 0.25) is 0 Å². The van der Waals surface area contributed by atoms with E-state index in [1.807, 2.05) is 0 Å². The zero-order chi connectivity index (χ0) is 10.2. The van der Waals surface area contributed by atoms with Crippen LogP contribution in [0.15, 0.2) is 0 Å². The highest BCUT2D eigenvalue weighted by molar-refractivity contribution is 5.68. The molecule has 0 aliphatic carbocycles. The molecule has 0 aromatic heterocycles. The number of carbonyl (C=O) groups is 1. The van der Waals surface area contributed by atoms with Crippen LogP contribution in [0.5, 0.6) is 0 Å². The molecule has 1 aliphatic rings. The minimum Gasteiger partial charge on any atom is -0.469 e. The number of rotatable bonds is 5. The van der Waals surface area contributed by atoms with E-state index in [0.717, 1.165) is 26.1 Å². The molecule has 1 aliphatic heterocycles. The first-order valence-corrected chi connectivity index (χ1v) is 5.38. The van der Waals surface area contributed by atoms with Crippen molar-refractivity contribution >= 4 is 5.97 Å². The second kappa shape index (κ2) is 6.79. The van der Waals surface area contributed by atoms with Crippen LogP contribution >= 0.6 is 0 Å². The number of methoxy groups -OCH3 is 1. The lowest BCUT2D eigenvalue weighted by molar-refractivity contribution is -0.140. The first-order valence-electron chi connectivity index (χ1n) is 5.38. The number of esters is 1. The monoisotopic (exact) mass is 200 g/mol. The molecule has 1 saturated heterocycles. The quantitative estimate of drug-likeness (QED) is 0.529. The van der Waals surface area contributed by atoms with Gasteiger partial charge in [0.25, 0.3) is 0 Å². The largest absolute Gasteiger partial charge is 0.469 e. The molecule has 0 radical (unpaired) electrons. The van der Waals surface area contributed by atoms with Crippen molar-refractivity contribution in [1.29, 1.82) is 0 Å². The van der Waals surface area contributed by atoms with E-state index in [0.29, 0.717) is 6.42 Å². The highest BCUT2D eigenvalue weighted by atomic mass is 16.5. The molecule has 4 heteroatoms. The van der Waals surface area contributed by atoms with Gasteiger partial charge in [0, 0.05) is 26.1 Å². The fraction of sp³-hybridized carbons (Fsp3) is 0.900. The van der Waals surface area contributed by atoms with Crippen molar-refractivity contribution in [3.8, 4) is 0 Å². The van der Waals surface area contributed by atoms with Crippen molar-refractivity contribution in [3.05, 3.63) is 0 Å². The van der Waals surface area contributed by atoms with Crippen molar-refractivity contribution in [3.63, 3.8) is 0 Å². The Morgan fingerprint density at radius 1 is 1.36 bits per heavy atom. The van der Waals surface area contributed by atoms with Gasteiger partial charge in [-0.25, -0.2) is 5.01 Å². The van der Waals surface area contributed by atoms with Crippen LogP contribution in [-0.2, 0) is 9.53 Å². The number of hydrogen-bond acceptors (Lipinski definition) is 4. The van der Waals surface area contributed by atoms with E-state index in [-0.39, 0.29) is 5.97 Å². The first-order chi connectivity index (χ1) is 6.83. The summed E-state index contributed by atoms with van der Waals surface area (Å²) in [6, 6.07) is 0. The number of hydrazine groups is 1. The molecular weight excluding hydrogens is 180 g/mol. The Hall–Kier alpha value is -0.610. The maximum atomic E-state index is 10.8. The van der Waals surface area contributed by atoms with Gasteiger partial charge in [0.15, 0.2) is 0 Å². The Bertz CT molecular complexity index is 168. The van der Waals surface area contributed by atoms with Crippen molar-refractivity contribution in [2.45, 2.75) is 32.1 Å². The van der Waals surface area contributed by atoms with E-state index >= 15 is 0 Å². The number of ether oxygens (including phenoxy) is 1. The van der Waals surface area contributed by atoms with E-state index in [2.05, 4.69) is 15.2 Å². The summed E-state index contributed by atoms with van der Waals surface area (Å²) >= 11 is 0. The Morgan fingerprint density at radius 3 is 2.71 bits per heavy atom. The summed E-state index contributed by atoms with van der Waals surface area (Å²) in [5, 5.41) is 2.25. The highest BCUT2D eigenvalue weighted by Crippen LogP contribution is 2.05. The fourth-order valence-corrected chi connectivity index (χ4v) is 1.62. The zero-order valence-electron chi connectivity index (χ0n) is 8.92. The van der Waals surface area contributed by atoms with Crippen LogP contribution in [0.25, 0.3) is 0 Å². The van der Waals surface area contributed by atoms with Gasteiger partial charge in [-0.15, -0.1) is 0 Å². The molecule has 1 rings (SSSR count). The maximum Gasteiger partial charge on any atom is 0.305 e. The molecule has 82 valence electrons. The maximum absolute atomic E-state index is 10.8. The van der Waals surface area contributed by atoms with E-state index in [1.54, 1.807) is 0 Å². The first kappa shape index (κ1) is 11.5. The lowest BCUT2D eigenvalue weighted by Gasteiger charge is -2.26. The molecule has 0 amide bonds. The van der Waals surface area contributed by atoms with Gasteiger partial charge in [0.05, 0.1) is 7.11 Å². The number of nitrogens with zero attached hydrogens (tertiary/aromatic N) is 1. The normalized spacial score (nSPS) is 18.1. The highest BCUT2D eigenvalue weighted by Gasteiger charge is 2.08. The van der Waals surface area contributed by atoms with E-state index < -0.39 is 0 Å². The third-order valence-corrected chi connectivity index (χ3v) is 2.48. The van der Waals surface area contributed by atoms with Gasteiger partial charge in [-0.3, -0.25) is 10.2 Å². The average Bonchev–Trinajstić information content (AvgIpc) is 2.25. The minimum absolute atomic E-state index is 0.120. The van der Waals surface area contributed by atoms with E-state index in [4.69, 9.17) is 0 Å². The molecule has 0 aromatic carbocycles. The van der Waals surface area contributed by atoms with Gasteiger partial charge < -0.3 is 4.74 Å². The molecule has 0 spiro atoms. The summed E-state index contributed by atoms with van der Waals surface area (Å²) in [4.78, 5) is 10.8. The lowest BCUT2D eigenvalue weighted by atomic mass is 10.2. The van der Waals surface area contributed by atoms with Gasteiger partial charge in [0.1, 0.15) is 0 Å². The Labute approximate surface area is 85.6 Å². The van der Waals surface area contributed by atoms with E-state index in [1.165, 1.54) is 26.4 Å². The van der Waals surface area contributed by atoms with Gasteiger partial charge in [-0.1, -0.05) is 6.42 Å². The molecule has 1 fully saturated rings. The van der Waals surface area contributed by atoms with Crippen molar-refractivity contribution in [1.82, 2.24) is 10.4 Å². The second-order valence-corrected chi connectivity index (χ2v) is 3.64. The SMILES string of the molecule is COC(=O)CCCNN1CCCCC1. The third-order valence-electron chi connectivity index (χ3n) is 2.48. The number of nitrogens with one attached hydrogen (secondary N) is 1. The summed E-state index contributed by atoms with van der Waals surface area (Å²) < 4.78 is 4.56. The predicted molar refractivity (Wildman–Crippen MR) is 54.7 cm³/mol. The summed E-state index contributed by atoms with van der Waals surface area (Å²) in [6.07, 6.45) is 5.27. The number of piperidine rings is 1. The summed E-state index contributed by atoms with van der Waals surface area (Å²) in [7, 11) is 1.43. The van der Waals surface area contributed by atoms with Gasteiger partial charge in [-0.05, 0) is 19.3 Å². The van der Waals surface area contributed by atoms with Crippen LogP contribution in [0.3, 0.4) is 0 Å². The zero-order valence-corrected chi connectivity index (χ0v) is 8.92. The number of hydrogen-bond donors (Lipinski definition) is 1. The van der Waals surface area contributed by atoms with Crippen LogP contribution in [0.4, 0.5) is 0 Å². The smallest absolute Gasteiger partial charge is 0.305 e. The third kappa shape index (κ3) is 4.58. The number of carbonyl (C=O) groups excluding carboxylic acids is 1. The van der Waals surface area contributed by atoms with Crippen LogP contribution in [0, 0.1) is 0 Å². The molecule has 4 nitrogen and oxygen atoms in total. The molecule has 1 heterocycles. The molecule has 0 saturated carbocycles. The molecule has 0 bridgehead atoms. The molecule has 1 N–H and O–H groups in total. The Morgan fingerprint density at radius 2 is 2.07 bits per heavy atom. The fourth-order valence-electron chi connectivity index (χ4n) is 1.62. The molecule has 0 unspecified atom stereocenters. The van der Waals surface area contributed by atoms with Crippen molar-refractivity contribution < 1.29 is 9.53 Å². The van der Waals surface area contributed by atoms with Crippen molar-refractivity contribution in [2.75, 3.05) is 26.7 Å². The molecular formula is C10H20N2O2. The topological polar surface area (TPSA) is 41.6 Å². The second-order valence-electron chi connectivity index (χ2n) is 3.64. The van der Waals surface area contributed by atoms with Crippen LogP contribution < -0.4 is 5.43 Å². The molecule has 14 heavy (non-hydrogen) atoms. The van der Waals surface area contributed by atoms with Gasteiger partial charge in [-0.2, -0.15) is 0 Å². The Kier molecular flexibility index (Phi) is 5.56.